The summed E-state index contributed by atoms with van der Waals surface area (Å²) in [4.78, 5) is 43.9. The fraction of sp³-hybridized carbons (Fsp3) is 0.304. The van der Waals surface area contributed by atoms with Gasteiger partial charge in [-0.3, -0.25) is 24.3 Å². The van der Waals surface area contributed by atoms with E-state index in [1.54, 1.807) is 13.8 Å². The van der Waals surface area contributed by atoms with Crippen LogP contribution in [-0.2, 0) is 9.59 Å². The number of alkyl halides is 3. The SMILES string of the molecule is CC1(C)CC(=O)C2=C(C1)N(c1ccc(F)cc1)C(=O)C2(NC(=O)c1cccnc1)C(F)(F)F. The molecule has 1 aromatic carbocycles. The number of pyridine rings is 1. The van der Waals surface area contributed by atoms with Crippen molar-refractivity contribution in [1.29, 1.82) is 0 Å². The van der Waals surface area contributed by atoms with Gasteiger partial charge in [-0.15, -0.1) is 0 Å². The fourth-order valence-corrected chi connectivity index (χ4v) is 4.35. The minimum absolute atomic E-state index is 0.0300. The molecule has 2 aromatic rings. The van der Waals surface area contributed by atoms with Crippen molar-refractivity contribution >= 4 is 23.3 Å². The van der Waals surface area contributed by atoms with Gasteiger partial charge in [0.1, 0.15) is 5.82 Å². The summed E-state index contributed by atoms with van der Waals surface area (Å²) in [6.45, 7) is 3.40. The molecule has 2 heterocycles. The number of hydrogen-bond acceptors (Lipinski definition) is 4. The maximum atomic E-state index is 14.7. The lowest BCUT2D eigenvalue weighted by molar-refractivity contribution is -0.186. The number of benzene rings is 1. The van der Waals surface area contributed by atoms with Gasteiger partial charge in [0, 0.05) is 30.2 Å². The third-order valence-electron chi connectivity index (χ3n) is 5.76. The van der Waals surface area contributed by atoms with Crippen LogP contribution in [0.2, 0.25) is 0 Å². The van der Waals surface area contributed by atoms with Crippen LogP contribution in [0.5, 0.6) is 0 Å². The van der Waals surface area contributed by atoms with Crippen LogP contribution in [0, 0.1) is 11.2 Å². The summed E-state index contributed by atoms with van der Waals surface area (Å²) >= 11 is 0. The molecule has 10 heteroatoms. The minimum Gasteiger partial charge on any atom is -0.326 e. The molecular weight excluding hydrogens is 442 g/mol. The summed E-state index contributed by atoms with van der Waals surface area (Å²) in [5.74, 6) is -4.29. The van der Waals surface area contributed by atoms with Gasteiger partial charge in [-0.25, -0.2) is 4.39 Å². The number of carbonyl (C=O) groups excluding carboxylic acids is 3. The highest BCUT2D eigenvalue weighted by Crippen LogP contribution is 2.52. The molecule has 1 aliphatic heterocycles. The molecule has 6 nitrogen and oxygen atoms in total. The molecule has 4 rings (SSSR count). The maximum absolute atomic E-state index is 14.7. The van der Waals surface area contributed by atoms with E-state index in [-0.39, 0.29) is 29.8 Å². The van der Waals surface area contributed by atoms with Gasteiger partial charge >= 0.3 is 6.18 Å². The van der Waals surface area contributed by atoms with E-state index >= 15 is 0 Å². The summed E-state index contributed by atoms with van der Waals surface area (Å²) in [7, 11) is 0. The Morgan fingerprint density at radius 3 is 2.33 bits per heavy atom. The topological polar surface area (TPSA) is 79.4 Å². The molecule has 2 aliphatic rings. The molecule has 1 atom stereocenters. The van der Waals surface area contributed by atoms with Crippen molar-refractivity contribution in [2.45, 2.75) is 38.4 Å². The Bertz CT molecular complexity index is 1170. The number of nitrogens with zero attached hydrogens (tertiary/aromatic N) is 2. The lowest BCUT2D eigenvalue weighted by Gasteiger charge is -2.35. The first-order valence-corrected chi connectivity index (χ1v) is 10.0. The second-order valence-electron chi connectivity index (χ2n) is 8.82. The quantitative estimate of drug-likeness (QED) is 0.703. The number of allylic oxidation sites excluding steroid dienone is 1. The number of nitrogens with one attached hydrogen (secondary N) is 1. The number of ketones is 1. The van der Waals surface area contributed by atoms with Crippen LogP contribution in [0.3, 0.4) is 0 Å². The number of rotatable bonds is 3. The van der Waals surface area contributed by atoms with Crippen LogP contribution in [0.25, 0.3) is 0 Å². The first-order chi connectivity index (χ1) is 15.4. The standard InChI is InChI=1S/C23H19F4N3O3/c1-21(2)10-16-18(17(31)11-21)22(23(25,26)27,29-19(32)13-4-3-9-28-12-13)20(33)30(16)15-7-5-14(24)6-8-15/h3-9,12H,10-11H2,1-2H3,(H,29,32). The Balaban J connectivity index is 1.94. The van der Waals surface area contributed by atoms with Gasteiger partial charge < -0.3 is 5.32 Å². The Morgan fingerprint density at radius 2 is 1.76 bits per heavy atom. The molecule has 2 amide bonds. The van der Waals surface area contributed by atoms with Crippen LogP contribution >= 0.6 is 0 Å². The monoisotopic (exact) mass is 461 g/mol. The van der Waals surface area contributed by atoms with E-state index in [4.69, 9.17) is 0 Å². The van der Waals surface area contributed by atoms with Gasteiger partial charge in [-0.05, 0) is 48.2 Å². The van der Waals surface area contributed by atoms with E-state index in [1.807, 2.05) is 5.32 Å². The first kappa shape index (κ1) is 22.6. The zero-order valence-corrected chi connectivity index (χ0v) is 17.7. The highest BCUT2D eigenvalue weighted by molar-refractivity contribution is 6.21. The largest absolute Gasteiger partial charge is 0.425 e. The molecule has 1 aromatic heterocycles. The fourth-order valence-electron chi connectivity index (χ4n) is 4.35. The molecule has 0 spiro atoms. The zero-order chi connectivity index (χ0) is 24.2. The van der Waals surface area contributed by atoms with E-state index in [0.717, 1.165) is 35.4 Å². The van der Waals surface area contributed by atoms with Crippen LogP contribution in [0.1, 0.15) is 37.0 Å². The molecular formula is C23H19F4N3O3. The molecule has 0 saturated carbocycles. The number of halogens is 4. The second-order valence-corrected chi connectivity index (χ2v) is 8.82. The number of aromatic nitrogens is 1. The molecule has 1 N–H and O–H groups in total. The third-order valence-corrected chi connectivity index (χ3v) is 5.76. The molecule has 0 fully saturated rings. The second kappa shape index (κ2) is 7.50. The number of amides is 2. The smallest absolute Gasteiger partial charge is 0.326 e. The van der Waals surface area contributed by atoms with Gasteiger partial charge in [0.15, 0.2) is 5.78 Å². The van der Waals surface area contributed by atoms with E-state index in [0.29, 0.717) is 0 Å². The molecule has 0 radical (unpaired) electrons. The van der Waals surface area contributed by atoms with Gasteiger partial charge in [0.05, 0.1) is 11.1 Å². The minimum atomic E-state index is -5.34. The van der Waals surface area contributed by atoms with Crippen molar-refractivity contribution in [3.8, 4) is 0 Å². The Labute approximate surface area is 186 Å². The average molecular weight is 461 g/mol. The highest BCUT2D eigenvalue weighted by atomic mass is 19.4. The van der Waals surface area contributed by atoms with Crippen molar-refractivity contribution in [1.82, 2.24) is 10.3 Å². The van der Waals surface area contributed by atoms with Crippen molar-refractivity contribution in [3.63, 3.8) is 0 Å². The summed E-state index contributed by atoms with van der Waals surface area (Å²) in [6, 6.07) is 6.90. The summed E-state index contributed by atoms with van der Waals surface area (Å²) in [5.41, 5.74) is -5.53. The molecule has 1 unspecified atom stereocenters. The van der Waals surface area contributed by atoms with E-state index < -0.39 is 46.1 Å². The van der Waals surface area contributed by atoms with E-state index in [1.165, 1.54) is 18.3 Å². The van der Waals surface area contributed by atoms with Crippen LogP contribution in [0.4, 0.5) is 23.2 Å². The average Bonchev–Trinajstić information content (AvgIpc) is 2.97. The van der Waals surface area contributed by atoms with Crippen molar-refractivity contribution in [3.05, 3.63) is 71.4 Å². The lowest BCUT2D eigenvalue weighted by Crippen LogP contribution is -2.66. The Hall–Kier alpha value is -3.56. The highest BCUT2D eigenvalue weighted by Gasteiger charge is 2.72. The van der Waals surface area contributed by atoms with Crippen LogP contribution in [0.15, 0.2) is 60.1 Å². The summed E-state index contributed by atoms with van der Waals surface area (Å²) in [5, 5.41) is 1.82. The molecule has 0 saturated heterocycles. The normalized spacial score (nSPS) is 22.4. The number of hydrogen-bond donors (Lipinski definition) is 1. The van der Waals surface area contributed by atoms with Crippen molar-refractivity contribution in [2.75, 3.05) is 4.90 Å². The summed E-state index contributed by atoms with van der Waals surface area (Å²) in [6.07, 6.45) is -3.22. The lowest BCUT2D eigenvalue weighted by atomic mass is 9.72. The predicted octanol–water partition coefficient (Wildman–Crippen LogP) is 3.94. The van der Waals surface area contributed by atoms with Gasteiger partial charge in [-0.2, -0.15) is 13.2 Å². The maximum Gasteiger partial charge on any atom is 0.425 e. The Kier molecular flexibility index (Phi) is 5.14. The van der Waals surface area contributed by atoms with Gasteiger partial charge in [0.25, 0.3) is 11.8 Å². The Morgan fingerprint density at radius 1 is 1.09 bits per heavy atom. The predicted molar refractivity (Wildman–Crippen MR) is 109 cm³/mol. The number of anilines is 1. The van der Waals surface area contributed by atoms with E-state index in [9.17, 15) is 31.9 Å². The van der Waals surface area contributed by atoms with Gasteiger partial charge in [-0.1, -0.05) is 13.8 Å². The number of carbonyl (C=O) groups is 3. The molecule has 0 bridgehead atoms. The van der Waals surface area contributed by atoms with Crippen LogP contribution < -0.4 is 10.2 Å². The summed E-state index contributed by atoms with van der Waals surface area (Å²) < 4.78 is 57.6. The van der Waals surface area contributed by atoms with Crippen molar-refractivity contribution < 1.29 is 31.9 Å². The third kappa shape index (κ3) is 3.59. The molecule has 1 aliphatic carbocycles. The molecule has 172 valence electrons. The van der Waals surface area contributed by atoms with Gasteiger partial charge in [0.2, 0.25) is 5.54 Å². The van der Waals surface area contributed by atoms with Crippen LogP contribution in [-0.4, -0.2) is 34.3 Å². The molecule has 33 heavy (non-hydrogen) atoms. The number of Topliss-reactive ketones (excluding diaryl/α,β-unsaturated/α-hetero) is 1. The first-order valence-electron chi connectivity index (χ1n) is 10.0. The van der Waals surface area contributed by atoms with E-state index in [2.05, 4.69) is 4.98 Å². The van der Waals surface area contributed by atoms with Crippen molar-refractivity contribution in [2.24, 2.45) is 5.41 Å². The zero-order valence-electron chi connectivity index (χ0n) is 17.7.